The summed E-state index contributed by atoms with van der Waals surface area (Å²) < 4.78 is 0.839. The fourth-order valence-corrected chi connectivity index (χ4v) is 1.36. The van der Waals surface area contributed by atoms with Gasteiger partial charge in [-0.1, -0.05) is 15.9 Å². The first kappa shape index (κ1) is 14.2. The molecular formula is C11H10BrN2O4-. The number of carboxylic acid groups (broad SMARTS) is 1. The highest BCUT2D eigenvalue weighted by atomic mass is 79.9. The van der Waals surface area contributed by atoms with Crippen LogP contribution in [0.3, 0.4) is 0 Å². The molecule has 18 heavy (non-hydrogen) atoms. The highest BCUT2D eigenvalue weighted by Crippen LogP contribution is 2.10. The Bertz CT molecular complexity index is 459. The molecule has 2 N–H and O–H groups in total. The van der Waals surface area contributed by atoms with Crippen LogP contribution in [0.15, 0.2) is 28.7 Å². The number of hydrogen-bond donors (Lipinski definition) is 2. The molecule has 0 aliphatic carbocycles. The van der Waals surface area contributed by atoms with Crippen LogP contribution < -0.4 is 15.7 Å². The molecule has 0 fully saturated rings. The van der Waals surface area contributed by atoms with Gasteiger partial charge in [0.1, 0.15) is 0 Å². The zero-order valence-corrected chi connectivity index (χ0v) is 10.8. The van der Waals surface area contributed by atoms with E-state index in [0.717, 1.165) is 4.47 Å². The van der Waals surface area contributed by atoms with Gasteiger partial charge in [-0.15, -0.1) is 0 Å². The lowest BCUT2D eigenvalue weighted by Gasteiger charge is -2.07. The molecule has 0 aromatic heterocycles. The van der Waals surface area contributed by atoms with Crippen molar-refractivity contribution in [1.29, 1.82) is 0 Å². The smallest absolute Gasteiger partial charge is 0.251 e. The van der Waals surface area contributed by atoms with Crippen molar-refractivity contribution in [2.24, 2.45) is 0 Å². The van der Waals surface area contributed by atoms with Gasteiger partial charge in [0.2, 0.25) is 5.91 Å². The zero-order valence-electron chi connectivity index (χ0n) is 9.23. The van der Waals surface area contributed by atoms with Gasteiger partial charge in [-0.2, -0.15) is 0 Å². The first-order valence-electron chi connectivity index (χ1n) is 4.99. The third-order valence-electron chi connectivity index (χ3n) is 1.95. The largest absolute Gasteiger partial charge is 0.548 e. The van der Waals surface area contributed by atoms with Crippen molar-refractivity contribution in [2.75, 3.05) is 13.1 Å². The highest BCUT2D eigenvalue weighted by Gasteiger charge is 2.07. The Kier molecular flexibility index (Phi) is 5.31. The van der Waals surface area contributed by atoms with E-state index in [1.807, 2.05) is 0 Å². The number of carboxylic acids is 1. The predicted molar refractivity (Wildman–Crippen MR) is 64.5 cm³/mol. The zero-order chi connectivity index (χ0) is 13.5. The molecule has 0 aliphatic heterocycles. The van der Waals surface area contributed by atoms with Crippen LogP contribution in [0.2, 0.25) is 0 Å². The van der Waals surface area contributed by atoms with Crippen LogP contribution in [0.25, 0.3) is 0 Å². The normalized spacial score (nSPS) is 9.61. The summed E-state index contributed by atoms with van der Waals surface area (Å²) in [5.41, 5.74) is 0.408. The fourth-order valence-electron chi connectivity index (χ4n) is 1.10. The Morgan fingerprint density at radius 2 is 1.67 bits per heavy atom. The van der Waals surface area contributed by atoms with Gasteiger partial charge < -0.3 is 20.5 Å². The van der Waals surface area contributed by atoms with Gasteiger partial charge in [-0.25, -0.2) is 0 Å². The fraction of sp³-hybridized carbons (Fsp3) is 0.182. The first-order valence-corrected chi connectivity index (χ1v) is 5.78. The van der Waals surface area contributed by atoms with E-state index in [9.17, 15) is 19.5 Å². The number of benzene rings is 1. The van der Waals surface area contributed by atoms with Crippen LogP contribution in [-0.4, -0.2) is 30.9 Å². The molecule has 96 valence electrons. The van der Waals surface area contributed by atoms with E-state index in [2.05, 4.69) is 26.6 Å². The molecule has 0 bridgehead atoms. The van der Waals surface area contributed by atoms with Crippen molar-refractivity contribution in [3.05, 3.63) is 34.3 Å². The summed E-state index contributed by atoms with van der Waals surface area (Å²) in [6.07, 6.45) is 0. The SMILES string of the molecule is O=C([O-])CNC(=O)CNC(=O)c1ccc(Br)cc1. The lowest BCUT2D eigenvalue weighted by molar-refractivity contribution is -0.304. The number of carbonyl (C=O) groups excluding carboxylic acids is 3. The maximum Gasteiger partial charge on any atom is 0.251 e. The molecule has 0 heterocycles. The summed E-state index contributed by atoms with van der Waals surface area (Å²) >= 11 is 3.23. The van der Waals surface area contributed by atoms with Crippen LogP contribution in [-0.2, 0) is 9.59 Å². The van der Waals surface area contributed by atoms with Gasteiger partial charge >= 0.3 is 0 Å². The summed E-state index contributed by atoms with van der Waals surface area (Å²) in [6, 6.07) is 6.59. The van der Waals surface area contributed by atoms with Crippen molar-refractivity contribution in [2.45, 2.75) is 0 Å². The molecule has 0 radical (unpaired) electrons. The number of carbonyl (C=O) groups is 3. The van der Waals surface area contributed by atoms with E-state index < -0.39 is 24.3 Å². The third kappa shape index (κ3) is 4.96. The molecule has 0 aliphatic rings. The average Bonchev–Trinajstić information content (AvgIpc) is 2.34. The average molecular weight is 314 g/mol. The third-order valence-corrected chi connectivity index (χ3v) is 2.47. The summed E-state index contributed by atoms with van der Waals surface area (Å²) in [4.78, 5) is 32.8. The Hall–Kier alpha value is -1.89. The van der Waals surface area contributed by atoms with Crippen molar-refractivity contribution in [1.82, 2.24) is 10.6 Å². The number of nitrogens with one attached hydrogen (secondary N) is 2. The lowest BCUT2D eigenvalue weighted by atomic mass is 10.2. The molecule has 1 rings (SSSR count). The number of aliphatic carboxylic acids is 1. The van der Waals surface area contributed by atoms with E-state index in [-0.39, 0.29) is 6.54 Å². The number of halogens is 1. The van der Waals surface area contributed by atoms with Crippen molar-refractivity contribution >= 4 is 33.7 Å². The van der Waals surface area contributed by atoms with Crippen LogP contribution in [0.4, 0.5) is 0 Å². The summed E-state index contributed by atoms with van der Waals surface area (Å²) in [7, 11) is 0. The van der Waals surface area contributed by atoms with Gasteiger partial charge in [0.05, 0.1) is 19.1 Å². The van der Waals surface area contributed by atoms with E-state index in [0.29, 0.717) is 5.56 Å². The number of amides is 2. The van der Waals surface area contributed by atoms with Crippen LogP contribution in [0, 0.1) is 0 Å². The van der Waals surface area contributed by atoms with E-state index in [4.69, 9.17) is 0 Å². The Morgan fingerprint density at radius 1 is 1.06 bits per heavy atom. The van der Waals surface area contributed by atoms with Gasteiger partial charge in [0.15, 0.2) is 0 Å². The quantitative estimate of drug-likeness (QED) is 0.732. The number of rotatable bonds is 5. The Morgan fingerprint density at radius 3 is 2.22 bits per heavy atom. The second kappa shape index (κ2) is 6.75. The summed E-state index contributed by atoms with van der Waals surface area (Å²) in [6.45, 7) is -0.866. The Balaban J connectivity index is 2.39. The summed E-state index contributed by atoms with van der Waals surface area (Å²) in [5, 5.41) is 14.5. The monoisotopic (exact) mass is 313 g/mol. The minimum Gasteiger partial charge on any atom is -0.548 e. The van der Waals surface area contributed by atoms with Crippen LogP contribution >= 0.6 is 15.9 Å². The van der Waals surface area contributed by atoms with E-state index in [1.165, 1.54) is 0 Å². The molecule has 1 aromatic rings. The molecule has 0 saturated heterocycles. The molecule has 0 atom stereocenters. The van der Waals surface area contributed by atoms with E-state index in [1.54, 1.807) is 24.3 Å². The van der Waals surface area contributed by atoms with Gasteiger partial charge in [0.25, 0.3) is 5.91 Å². The second-order valence-corrected chi connectivity index (χ2v) is 4.25. The molecule has 0 saturated carbocycles. The summed E-state index contributed by atoms with van der Waals surface area (Å²) in [5.74, 6) is -2.39. The van der Waals surface area contributed by atoms with Crippen molar-refractivity contribution < 1.29 is 19.5 Å². The lowest BCUT2D eigenvalue weighted by Crippen LogP contribution is -2.42. The molecule has 0 unspecified atom stereocenters. The standard InChI is InChI=1S/C11H11BrN2O4/c12-8-3-1-7(2-4-8)11(18)14-5-9(15)13-6-10(16)17/h1-4H,5-6H2,(H,13,15)(H,14,18)(H,16,17)/p-1. The van der Waals surface area contributed by atoms with Crippen molar-refractivity contribution in [3.63, 3.8) is 0 Å². The predicted octanol–water partition coefficient (Wildman–Crippen LogP) is -0.955. The van der Waals surface area contributed by atoms with Crippen LogP contribution in [0.5, 0.6) is 0 Å². The van der Waals surface area contributed by atoms with Gasteiger partial charge in [-0.3, -0.25) is 9.59 Å². The molecule has 2 amide bonds. The Labute approximate surface area is 112 Å². The molecule has 0 spiro atoms. The highest BCUT2D eigenvalue weighted by molar-refractivity contribution is 9.10. The molecule has 1 aromatic carbocycles. The van der Waals surface area contributed by atoms with Gasteiger partial charge in [0, 0.05) is 10.0 Å². The molecule has 7 heteroatoms. The molecule has 6 nitrogen and oxygen atoms in total. The minimum absolute atomic E-state index is 0.290. The first-order chi connectivity index (χ1) is 8.49. The maximum atomic E-state index is 11.6. The molecular weight excluding hydrogens is 304 g/mol. The van der Waals surface area contributed by atoms with Crippen molar-refractivity contribution in [3.8, 4) is 0 Å². The van der Waals surface area contributed by atoms with E-state index >= 15 is 0 Å². The van der Waals surface area contributed by atoms with Gasteiger partial charge in [-0.05, 0) is 24.3 Å². The number of hydrogen-bond acceptors (Lipinski definition) is 4. The van der Waals surface area contributed by atoms with Crippen LogP contribution in [0.1, 0.15) is 10.4 Å². The topological polar surface area (TPSA) is 98.3 Å². The maximum absolute atomic E-state index is 11.6. The minimum atomic E-state index is -1.39. The second-order valence-electron chi connectivity index (χ2n) is 3.34.